The second kappa shape index (κ2) is 6.48. The Labute approximate surface area is 106 Å². The minimum atomic E-state index is 0.489. The normalized spacial score (nSPS) is 9.94. The Hall–Kier alpha value is -2.25. The molecule has 0 bridgehead atoms. The predicted molar refractivity (Wildman–Crippen MR) is 68.6 cm³/mol. The van der Waals surface area contributed by atoms with E-state index in [2.05, 4.69) is 21.4 Å². The Morgan fingerprint density at radius 1 is 1.11 bits per heavy atom. The first kappa shape index (κ1) is 12.2. The van der Waals surface area contributed by atoms with Crippen LogP contribution in [0.4, 0.5) is 0 Å². The van der Waals surface area contributed by atoms with Crippen LogP contribution in [0.25, 0.3) is 0 Å². The van der Waals surface area contributed by atoms with E-state index in [-0.39, 0.29) is 0 Å². The molecule has 0 spiro atoms. The van der Waals surface area contributed by atoms with Gasteiger partial charge in [-0.2, -0.15) is 5.26 Å². The summed E-state index contributed by atoms with van der Waals surface area (Å²) in [5.41, 5.74) is 2.49. The minimum absolute atomic E-state index is 0.489. The molecule has 2 heterocycles. The van der Waals surface area contributed by atoms with Gasteiger partial charge in [0.15, 0.2) is 0 Å². The zero-order chi connectivity index (χ0) is 12.6. The topological polar surface area (TPSA) is 61.6 Å². The van der Waals surface area contributed by atoms with E-state index in [4.69, 9.17) is 5.26 Å². The van der Waals surface area contributed by atoms with Gasteiger partial charge in [0.05, 0.1) is 0 Å². The average Bonchev–Trinajstić information content (AvgIpc) is 2.45. The summed E-state index contributed by atoms with van der Waals surface area (Å²) < 4.78 is 0. The molecule has 0 amide bonds. The monoisotopic (exact) mass is 238 g/mol. The van der Waals surface area contributed by atoms with E-state index in [1.807, 2.05) is 30.3 Å². The lowest BCUT2D eigenvalue weighted by molar-refractivity contribution is 0.677. The molecule has 18 heavy (non-hydrogen) atoms. The Balaban J connectivity index is 1.81. The molecule has 0 aliphatic heterocycles. The van der Waals surface area contributed by atoms with Gasteiger partial charge >= 0.3 is 0 Å². The van der Waals surface area contributed by atoms with Gasteiger partial charge in [-0.3, -0.25) is 4.98 Å². The molecule has 4 heteroatoms. The summed E-state index contributed by atoms with van der Waals surface area (Å²) in [5.74, 6) is 0. The summed E-state index contributed by atoms with van der Waals surface area (Å²) >= 11 is 0. The summed E-state index contributed by atoms with van der Waals surface area (Å²) in [6.07, 6.45) is 4.31. The average molecular weight is 238 g/mol. The lowest BCUT2D eigenvalue weighted by Gasteiger charge is -2.05. The molecule has 0 fully saturated rings. The molecule has 0 aliphatic carbocycles. The van der Waals surface area contributed by atoms with Crippen molar-refractivity contribution in [3.63, 3.8) is 0 Å². The Morgan fingerprint density at radius 3 is 2.78 bits per heavy atom. The minimum Gasteiger partial charge on any atom is -0.312 e. The number of hydrogen-bond donors (Lipinski definition) is 1. The maximum atomic E-state index is 8.90. The summed E-state index contributed by atoms with van der Waals surface area (Å²) in [4.78, 5) is 8.27. The van der Waals surface area contributed by atoms with Crippen molar-refractivity contribution in [2.24, 2.45) is 0 Å². The van der Waals surface area contributed by atoms with E-state index in [9.17, 15) is 0 Å². The first-order valence-electron chi connectivity index (χ1n) is 5.85. The maximum absolute atomic E-state index is 8.90. The Morgan fingerprint density at radius 2 is 2.00 bits per heavy atom. The van der Waals surface area contributed by atoms with Crippen LogP contribution in [-0.4, -0.2) is 16.5 Å². The SMILES string of the molecule is N#Cc1ncccc1CNCCc1ccccn1. The number of aromatic nitrogens is 2. The molecule has 2 aromatic rings. The van der Waals surface area contributed by atoms with Crippen molar-refractivity contribution in [1.29, 1.82) is 5.26 Å². The highest BCUT2D eigenvalue weighted by Crippen LogP contribution is 2.03. The predicted octanol–water partition coefficient (Wildman–Crippen LogP) is 1.68. The quantitative estimate of drug-likeness (QED) is 0.805. The Kier molecular flexibility index (Phi) is 4.39. The molecule has 2 rings (SSSR count). The summed E-state index contributed by atoms with van der Waals surface area (Å²) in [6.45, 7) is 1.49. The third kappa shape index (κ3) is 3.37. The molecule has 90 valence electrons. The molecular formula is C14H14N4. The number of nitrogens with one attached hydrogen (secondary N) is 1. The molecule has 0 aliphatic rings. The zero-order valence-electron chi connectivity index (χ0n) is 10.0. The highest BCUT2D eigenvalue weighted by molar-refractivity contribution is 5.30. The van der Waals surface area contributed by atoms with Crippen LogP contribution < -0.4 is 5.32 Å². The van der Waals surface area contributed by atoms with Crippen LogP contribution in [-0.2, 0) is 13.0 Å². The summed E-state index contributed by atoms with van der Waals surface area (Å²) in [6, 6.07) is 11.7. The van der Waals surface area contributed by atoms with E-state index in [1.54, 1.807) is 12.4 Å². The van der Waals surface area contributed by atoms with E-state index >= 15 is 0 Å². The van der Waals surface area contributed by atoms with Crippen LogP contribution in [0.2, 0.25) is 0 Å². The fourth-order valence-corrected chi connectivity index (χ4v) is 1.67. The largest absolute Gasteiger partial charge is 0.312 e. The molecule has 2 aromatic heterocycles. The maximum Gasteiger partial charge on any atom is 0.144 e. The van der Waals surface area contributed by atoms with Crippen LogP contribution in [0.1, 0.15) is 17.0 Å². The highest BCUT2D eigenvalue weighted by atomic mass is 14.9. The van der Waals surface area contributed by atoms with Gasteiger partial charge in [-0.05, 0) is 18.2 Å². The lowest BCUT2D eigenvalue weighted by atomic mass is 10.2. The molecular weight excluding hydrogens is 224 g/mol. The van der Waals surface area contributed by atoms with Gasteiger partial charge in [0.25, 0.3) is 0 Å². The number of pyridine rings is 2. The van der Waals surface area contributed by atoms with Gasteiger partial charge in [-0.25, -0.2) is 4.98 Å². The van der Waals surface area contributed by atoms with Crippen molar-refractivity contribution in [2.45, 2.75) is 13.0 Å². The number of nitrogens with zero attached hydrogens (tertiary/aromatic N) is 3. The zero-order valence-corrected chi connectivity index (χ0v) is 10.0. The fraction of sp³-hybridized carbons (Fsp3) is 0.214. The Bertz CT molecular complexity index is 531. The van der Waals surface area contributed by atoms with Crippen molar-refractivity contribution in [3.8, 4) is 6.07 Å². The van der Waals surface area contributed by atoms with Crippen molar-refractivity contribution in [1.82, 2.24) is 15.3 Å². The van der Waals surface area contributed by atoms with Crippen molar-refractivity contribution < 1.29 is 0 Å². The smallest absolute Gasteiger partial charge is 0.144 e. The lowest BCUT2D eigenvalue weighted by Crippen LogP contribution is -2.18. The number of rotatable bonds is 5. The standard InChI is InChI=1S/C14H14N4/c15-10-14-12(4-3-8-18-14)11-16-9-6-13-5-1-2-7-17-13/h1-5,7-8,16H,6,9,11H2. The molecule has 0 radical (unpaired) electrons. The number of nitriles is 1. The van der Waals surface area contributed by atoms with E-state index < -0.39 is 0 Å². The van der Waals surface area contributed by atoms with Gasteiger partial charge in [0.1, 0.15) is 11.8 Å². The van der Waals surface area contributed by atoms with Crippen LogP contribution in [0, 0.1) is 11.3 Å². The third-order valence-corrected chi connectivity index (χ3v) is 2.60. The van der Waals surface area contributed by atoms with Crippen molar-refractivity contribution in [2.75, 3.05) is 6.54 Å². The van der Waals surface area contributed by atoms with Crippen molar-refractivity contribution in [3.05, 3.63) is 59.7 Å². The van der Waals surface area contributed by atoms with Gasteiger partial charge in [0, 0.05) is 43.2 Å². The van der Waals surface area contributed by atoms with Crippen LogP contribution >= 0.6 is 0 Å². The van der Waals surface area contributed by atoms with Crippen molar-refractivity contribution >= 4 is 0 Å². The second-order valence-electron chi connectivity index (χ2n) is 3.87. The molecule has 0 aromatic carbocycles. The fourth-order valence-electron chi connectivity index (χ4n) is 1.67. The first-order valence-corrected chi connectivity index (χ1v) is 5.85. The van der Waals surface area contributed by atoms with Gasteiger partial charge in [-0.15, -0.1) is 0 Å². The molecule has 0 saturated heterocycles. The highest BCUT2D eigenvalue weighted by Gasteiger charge is 2.01. The van der Waals surface area contributed by atoms with E-state index in [0.717, 1.165) is 24.2 Å². The molecule has 0 atom stereocenters. The molecule has 1 N–H and O–H groups in total. The molecule has 0 saturated carbocycles. The summed E-state index contributed by atoms with van der Waals surface area (Å²) in [5, 5.41) is 12.2. The van der Waals surface area contributed by atoms with Crippen LogP contribution in [0.15, 0.2) is 42.7 Å². The van der Waals surface area contributed by atoms with Crippen LogP contribution in [0.3, 0.4) is 0 Å². The van der Waals surface area contributed by atoms with Gasteiger partial charge < -0.3 is 5.32 Å². The van der Waals surface area contributed by atoms with Gasteiger partial charge in [-0.1, -0.05) is 12.1 Å². The molecule has 0 unspecified atom stereocenters. The van der Waals surface area contributed by atoms with Gasteiger partial charge in [0.2, 0.25) is 0 Å². The summed E-state index contributed by atoms with van der Waals surface area (Å²) in [7, 11) is 0. The van der Waals surface area contributed by atoms with Crippen LogP contribution in [0.5, 0.6) is 0 Å². The first-order chi connectivity index (χ1) is 8.90. The molecule has 4 nitrogen and oxygen atoms in total. The third-order valence-electron chi connectivity index (χ3n) is 2.60. The van der Waals surface area contributed by atoms with E-state index in [1.165, 1.54) is 0 Å². The second-order valence-corrected chi connectivity index (χ2v) is 3.87. The van der Waals surface area contributed by atoms with E-state index in [0.29, 0.717) is 12.2 Å². The number of hydrogen-bond acceptors (Lipinski definition) is 4.